The Morgan fingerprint density at radius 1 is 0.964 bits per heavy atom. The highest BCUT2D eigenvalue weighted by molar-refractivity contribution is 7.13. The van der Waals surface area contributed by atoms with Crippen molar-refractivity contribution in [2.45, 2.75) is 0 Å². The second kappa shape index (κ2) is 6.79. The van der Waals surface area contributed by atoms with Gasteiger partial charge in [-0.3, -0.25) is 10.2 Å². The summed E-state index contributed by atoms with van der Waals surface area (Å²) in [5, 5.41) is 6.65. The molecule has 0 bridgehead atoms. The number of aromatic nitrogens is 4. The topological polar surface area (TPSA) is 64.7 Å². The van der Waals surface area contributed by atoms with E-state index in [1.165, 1.54) is 0 Å². The van der Waals surface area contributed by atoms with Crippen molar-refractivity contribution in [1.29, 1.82) is 0 Å². The third-order valence-corrected chi connectivity index (χ3v) is 5.29. The first-order valence-corrected chi connectivity index (χ1v) is 9.60. The number of fused-ring (bicyclic) bond motifs is 1. The number of amides is 1. The molecule has 0 spiro atoms. The van der Waals surface area contributed by atoms with Gasteiger partial charge in [-0.2, -0.15) is 5.10 Å². The van der Waals surface area contributed by atoms with Crippen molar-refractivity contribution in [3.05, 3.63) is 90.2 Å². The monoisotopic (exact) mass is 385 g/mol. The van der Waals surface area contributed by atoms with Crippen LogP contribution in [0.3, 0.4) is 0 Å². The lowest BCUT2D eigenvalue weighted by Crippen LogP contribution is -2.22. The summed E-state index contributed by atoms with van der Waals surface area (Å²) in [7, 11) is 0. The molecule has 3 heterocycles. The van der Waals surface area contributed by atoms with Crippen molar-refractivity contribution in [3.8, 4) is 16.3 Å². The number of nitrogens with one attached hydrogen (secondary N) is 1. The van der Waals surface area contributed by atoms with E-state index in [0.717, 1.165) is 21.6 Å². The maximum atomic E-state index is 13.1. The third-order valence-electron chi connectivity index (χ3n) is 4.41. The number of hydrogen-bond donors (Lipinski definition) is 1. The van der Waals surface area contributed by atoms with Gasteiger partial charge < -0.3 is 0 Å². The van der Waals surface area contributed by atoms with Crippen LogP contribution in [0.5, 0.6) is 0 Å². The number of benzene rings is 2. The fourth-order valence-corrected chi connectivity index (χ4v) is 3.79. The fraction of sp³-hybridized carbons (Fsp3) is 0. The highest BCUT2D eigenvalue weighted by Crippen LogP contribution is 2.28. The summed E-state index contributed by atoms with van der Waals surface area (Å²) >= 11 is 1.55. The zero-order valence-corrected chi connectivity index (χ0v) is 15.5. The summed E-state index contributed by atoms with van der Waals surface area (Å²) in [6, 6.07) is 21.3. The van der Waals surface area contributed by atoms with Crippen molar-refractivity contribution in [2.24, 2.45) is 0 Å². The van der Waals surface area contributed by atoms with E-state index in [9.17, 15) is 4.79 Å². The lowest BCUT2D eigenvalue weighted by atomic mass is 10.2. The van der Waals surface area contributed by atoms with Gasteiger partial charge in [0.2, 0.25) is 0 Å². The molecule has 136 valence electrons. The van der Waals surface area contributed by atoms with Gasteiger partial charge in [-0.25, -0.2) is 14.3 Å². The SMILES string of the molecule is O=C(Nn1cnc2ccccc21)c1cn(-c2ccccc2)nc1-c1cccs1. The van der Waals surface area contributed by atoms with E-state index in [0.29, 0.717) is 11.3 Å². The summed E-state index contributed by atoms with van der Waals surface area (Å²) in [5.74, 6) is -0.242. The molecular formula is C21H15N5OS. The van der Waals surface area contributed by atoms with Crippen LogP contribution in [0.1, 0.15) is 10.4 Å². The first kappa shape index (κ1) is 16.5. The largest absolute Gasteiger partial charge is 0.274 e. The minimum absolute atomic E-state index is 0.242. The Labute approximate surface area is 164 Å². The molecule has 0 fully saturated rings. The highest BCUT2D eigenvalue weighted by Gasteiger charge is 2.20. The molecule has 7 heteroatoms. The number of nitrogens with zero attached hydrogens (tertiary/aromatic N) is 4. The summed E-state index contributed by atoms with van der Waals surface area (Å²) < 4.78 is 3.37. The first-order valence-electron chi connectivity index (χ1n) is 8.72. The Balaban J connectivity index is 1.56. The molecule has 0 aliphatic carbocycles. The van der Waals surface area contributed by atoms with E-state index < -0.39 is 0 Å². The molecule has 0 radical (unpaired) electrons. The number of hydrogen-bond acceptors (Lipinski definition) is 4. The highest BCUT2D eigenvalue weighted by atomic mass is 32.1. The maximum absolute atomic E-state index is 13.1. The predicted molar refractivity (Wildman–Crippen MR) is 110 cm³/mol. The third kappa shape index (κ3) is 2.87. The van der Waals surface area contributed by atoms with E-state index in [2.05, 4.69) is 15.5 Å². The average Bonchev–Trinajstić information content (AvgIpc) is 3.48. The second-order valence-electron chi connectivity index (χ2n) is 6.19. The van der Waals surface area contributed by atoms with Gasteiger partial charge in [-0.15, -0.1) is 11.3 Å². The van der Waals surface area contributed by atoms with Crippen LogP contribution >= 0.6 is 11.3 Å². The predicted octanol–water partition coefficient (Wildman–Crippen LogP) is 4.33. The minimum Gasteiger partial charge on any atom is -0.267 e. The Kier molecular flexibility index (Phi) is 3.99. The summed E-state index contributed by atoms with van der Waals surface area (Å²) in [6.07, 6.45) is 3.37. The van der Waals surface area contributed by atoms with Crippen molar-refractivity contribution in [3.63, 3.8) is 0 Å². The van der Waals surface area contributed by atoms with Crippen LogP contribution in [-0.4, -0.2) is 25.3 Å². The Morgan fingerprint density at radius 2 is 1.79 bits per heavy atom. The van der Waals surface area contributed by atoms with Crippen LogP contribution in [0.4, 0.5) is 0 Å². The zero-order valence-electron chi connectivity index (χ0n) is 14.7. The molecule has 5 rings (SSSR count). The number of imidazole rings is 1. The van der Waals surface area contributed by atoms with Gasteiger partial charge in [0.1, 0.15) is 12.0 Å². The molecule has 0 saturated heterocycles. The van der Waals surface area contributed by atoms with Crippen molar-refractivity contribution in [1.82, 2.24) is 19.4 Å². The van der Waals surface area contributed by atoms with Gasteiger partial charge >= 0.3 is 0 Å². The van der Waals surface area contributed by atoms with Gasteiger partial charge in [0.05, 0.1) is 27.2 Å². The first-order chi connectivity index (χ1) is 13.8. The Bertz CT molecular complexity index is 1250. The summed E-state index contributed by atoms with van der Waals surface area (Å²) in [5.41, 5.74) is 6.63. The minimum atomic E-state index is -0.242. The van der Waals surface area contributed by atoms with E-state index >= 15 is 0 Å². The molecule has 2 aromatic carbocycles. The molecule has 0 unspecified atom stereocenters. The van der Waals surface area contributed by atoms with E-state index in [4.69, 9.17) is 0 Å². The molecule has 0 aliphatic heterocycles. The molecule has 28 heavy (non-hydrogen) atoms. The second-order valence-corrected chi connectivity index (χ2v) is 7.14. The number of carbonyl (C=O) groups is 1. The van der Waals surface area contributed by atoms with Gasteiger partial charge in [0, 0.05) is 6.20 Å². The van der Waals surface area contributed by atoms with Gasteiger partial charge in [-0.1, -0.05) is 36.4 Å². The van der Waals surface area contributed by atoms with Crippen molar-refractivity contribution in [2.75, 3.05) is 5.43 Å². The van der Waals surface area contributed by atoms with Crippen LogP contribution in [0.25, 0.3) is 27.3 Å². The Morgan fingerprint density at radius 3 is 2.61 bits per heavy atom. The smallest absolute Gasteiger partial charge is 0.267 e. The molecular weight excluding hydrogens is 370 g/mol. The summed E-state index contributed by atoms with van der Waals surface area (Å²) in [6.45, 7) is 0. The van der Waals surface area contributed by atoms with E-state index in [1.54, 1.807) is 33.2 Å². The number of para-hydroxylation sites is 3. The number of thiophene rings is 1. The molecule has 1 N–H and O–H groups in total. The van der Waals surface area contributed by atoms with E-state index in [-0.39, 0.29) is 5.91 Å². The maximum Gasteiger partial charge on any atom is 0.274 e. The van der Waals surface area contributed by atoms with Crippen molar-refractivity contribution < 1.29 is 4.79 Å². The molecule has 0 atom stereocenters. The van der Waals surface area contributed by atoms with Crippen LogP contribution < -0.4 is 5.43 Å². The van der Waals surface area contributed by atoms with Gasteiger partial charge in [0.25, 0.3) is 5.91 Å². The molecule has 1 amide bonds. The van der Waals surface area contributed by atoms with Gasteiger partial charge in [-0.05, 0) is 35.7 Å². The molecule has 6 nitrogen and oxygen atoms in total. The lowest BCUT2D eigenvalue weighted by Gasteiger charge is -2.06. The average molecular weight is 385 g/mol. The molecule has 3 aromatic heterocycles. The zero-order chi connectivity index (χ0) is 18.9. The molecule has 5 aromatic rings. The van der Waals surface area contributed by atoms with Crippen LogP contribution in [-0.2, 0) is 0 Å². The van der Waals surface area contributed by atoms with E-state index in [1.807, 2.05) is 72.1 Å². The molecule has 0 saturated carbocycles. The lowest BCUT2D eigenvalue weighted by molar-refractivity contribution is 0.101. The standard InChI is InChI=1S/C21H15N5OS/c27-21(24-26-14-22-17-9-4-5-10-18(17)26)16-13-25(15-7-2-1-3-8-15)23-20(16)19-11-6-12-28-19/h1-14H,(H,24,27). The quantitative estimate of drug-likeness (QED) is 0.501. The Hall–Kier alpha value is -3.71. The van der Waals surface area contributed by atoms with Crippen LogP contribution in [0, 0.1) is 0 Å². The van der Waals surface area contributed by atoms with Crippen LogP contribution in [0.2, 0.25) is 0 Å². The normalized spacial score (nSPS) is 11.0. The number of carbonyl (C=O) groups excluding carboxylic acids is 1. The van der Waals surface area contributed by atoms with Crippen molar-refractivity contribution >= 4 is 28.3 Å². The summed E-state index contributed by atoms with van der Waals surface area (Å²) in [4.78, 5) is 18.4. The van der Waals surface area contributed by atoms with Crippen LogP contribution in [0.15, 0.2) is 84.6 Å². The number of rotatable bonds is 4. The fourth-order valence-electron chi connectivity index (χ4n) is 3.07. The van der Waals surface area contributed by atoms with Gasteiger partial charge in [0.15, 0.2) is 0 Å². The molecule has 0 aliphatic rings.